The van der Waals surface area contributed by atoms with Gasteiger partial charge in [-0.1, -0.05) is 27.7 Å². The van der Waals surface area contributed by atoms with Gasteiger partial charge in [0.2, 0.25) is 0 Å². The Labute approximate surface area is 105 Å². The summed E-state index contributed by atoms with van der Waals surface area (Å²) in [7, 11) is 1.65. The second kappa shape index (κ2) is 14.9. The maximum atomic E-state index is 12.5. The van der Waals surface area contributed by atoms with E-state index in [0.29, 0.717) is 19.0 Å². The predicted molar refractivity (Wildman–Crippen MR) is 71.1 cm³/mol. The van der Waals surface area contributed by atoms with Crippen LogP contribution in [0, 0.1) is 5.82 Å². The first kappa shape index (κ1) is 18.3. The van der Waals surface area contributed by atoms with Crippen molar-refractivity contribution in [2.24, 2.45) is 0 Å². The molecule has 17 heavy (non-hydrogen) atoms. The third-order valence-corrected chi connectivity index (χ3v) is 1.58. The Morgan fingerprint density at radius 1 is 0.941 bits per heavy atom. The van der Waals surface area contributed by atoms with Crippen LogP contribution in [-0.4, -0.2) is 20.3 Å². The van der Waals surface area contributed by atoms with Gasteiger partial charge in [0.05, 0.1) is 6.61 Å². The maximum Gasteiger partial charge on any atom is 0.123 e. The molecule has 0 saturated heterocycles. The molecule has 0 aromatic heterocycles. The van der Waals surface area contributed by atoms with Crippen molar-refractivity contribution < 1.29 is 13.9 Å². The normalized spacial score (nSPS) is 8.35. The van der Waals surface area contributed by atoms with Gasteiger partial charge in [0.1, 0.15) is 11.6 Å². The standard InChI is InChI=1S/C10H13FO2.2C2H6/c1-12-7-2-8-13-10-5-3-9(11)4-6-10;2*1-2/h3-6H,2,7-8H2,1H3;2*1-2H3. The highest BCUT2D eigenvalue weighted by Gasteiger charge is 1.93. The number of ether oxygens (including phenoxy) is 2. The van der Waals surface area contributed by atoms with Gasteiger partial charge in [0.25, 0.3) is 0 Å². The molecular formula is C14H25FO2. The Kier molecular flexibility index (Phi) is 16.0. The fourth-order valence-electron chi connectivity index (χ4n) is 0.924. The van der Waals surface area contributed by atoms with Crippen LogP contribution in [-0.2, 0) is 4.74 Å². The van der Waals surface area contributed by atoms with E-state index in [1.807, 2.05) is 27.7 Å². The van der Waals surface area contributed by atoms with Crippen LogP contribution < -0.4 is 4.74 Å². The van der Waals surface area contributed by atoms with Crippen molar-refractivity contribution in [2.75, 3.05) is 20.3 Å². The van der Waals surface area contributed by atoms with E-state index in [1.165, 1.54) is 12.1 Å². The van der Waals surface area contributed by atoms with Crippen LogP contribution >= 0.6 is 0 Å². The van der Waals surface area contributed by atoms with Crippen molar-refractivity contribution in [1.82, 2.24) is 0 Å². The smallest absolute Gasteiger partial charge is 0.123 e. The molecule has 0 N–H and O–H groups in total. The number of benzene rings is 1. The van der Waals surface area contributed by atoms with Gasteiger partial charge in [0, 0.05) is 20.1 Å². The lowest BCUT2D eigenvalue weighted by molar-refractivity contribution is 0.172. The first-order valence-electron chi connectivity index (χ1n) is 6.20. The quantitative estimate of drug-likeness (QED) is 0.719. The van der Waals surface area contributed by atoms with Crippen LogP contribution in [0.15, 0.2) is 24.3 Å². The minimum absolute atomic E-state index is 0.246. The van der Waals surface area contributed by atoms with Crippen LogP contribution in [0.1, 0.15) is 34.1 Å². The highest BCUT2D eigenvalue weighted by Crippen LogP contribution is 2.10. The highest BCUT2D eigenvalue weighted by atomic mass is 19.1. The molecule has 0 spiro atoms. The molecule has 0 aliphatic rings. The van der Waals surface area contributed by atoms with Crippen LogP contribution in [0.25, 0.3) is 0 Å². The summed E-state index contributed by atoms with van der Waals surface area (Å²) in [5.41, 5.74) is 0. The van der Waals surface area contributed by atoms with E-state index in [9.17, 15) is 4.39 Å². The number of methoxy groups -OCH3 is 1. The molecule has 0 fully saturated rings. The van der Waals surface area contributed by atoms with Crippen LogP contribution in [0.4, 0.5) is 4.39 Å². The Balaban J connectivity index is 0. The van der Waals surface area contributed by atoms with Crippen molar-refractivity contribution in [3.05, 3.63) is 30.1 Å². The zero-order valence-electron chi connectivity index (χ0n) is 11.6. The van der Waals surface area contributed by atoms with Crippen LogP contribution in [0.5, 0.6) is 5.75 Å². The molecule has 0 radical (unpaired) electrons. The van der Waals surface area contributed by atoms with E-state index in [0.717, 1.165) is 6.42 Å². The summed E-state index contributed by atoms with van der Waals surface area (Å²) < 4.78 is 22.6. The molecule has 0 saturated carbocycles. The summed E-state index contributed by atoms with van der Waals surface area (Å²) in [5.74, 6) is 0.446. The molecule has 0 unspecified atom stereocenters. The lowest BCUT2D eigenvalue weighted by Crippen LogP contribution is -2.01. The number of hydrogen-bond acceptors (Lipinski definition) is 2. The van der Waals surface area contributed by atoms with Gasteiger partial charge in [-0.15, -0.1) is 0 Å². The third-order valence-electron chi connectivity index (χ3n) is 1.58. The molecule has 0 aliphatic carbocycles. The summed E-state index contributed by atoms with van der Waals surface area (Å²) in [5, 5.41) is 0. The summed E-state index contributed by atoms with van der Waals surface area (Å²) in [6.45, 7) is 9.28. The van der Waals surface area contributed by atoms with Gasteiger partial charge in [-0.3, -0.25) is 0 Å². The van der Waals surface area contributed by atoms with Crippen LogP contribution in [0.2, 0.25) is 0 Å². The van der Waals surface area contributed by atoms with E-state index in [4.69, 9.17) is 9.47 Å². The molecule has 1 aromatic rings. The summed E-state index contributed by atoms with van der Waals surface area (Å²) in [6.07, 6.45) is 0.841. The molecule has 0 atom stereocenters. The molecule has 0 aliphatic heterocycles. The molecule has 1 aromatic carbocycles. The molecule has 0 bridgehead atoms. The minimum atomic E-state index is -0.246. The molecular weight excluding hydrogens is 219 g/mol. The molecule has 1 rings (SSSR count). The monoisotopic (exact) mass is 244 g/mol. The van der Waals surface area contributed by atoms with Crippen molar-refractivity contribution in [3.8, 4) is 5.75 Å². The Morgan fingerprint density at radius 2 is 1.47 bits per heavy atom. The minimum Gasteiger partial charge on any atom is -0.494 e. The van der Waals surface area contributed by atoms with Gasteiger partial charge in [0.15, 0.2) is 0 Å². The lowest BCUT2D eigenvalue weighted by Gasteiger charge is -2.04. The lowest BCUT2D eigenvalue weighted by atomic mass is 10.3. The van der Waals surface area contributed by atoms with E-state index in [1.54, 1.807) is 19.2 Å². The second-order valence-electron chi connectivity index (χ2n) is 2.65. The molecule has 3 heteroatoms. The first-order valence-corrected chi connectivity index (χ1v) is 6.20. The number of halogens is 1. The number of hydrogen-bond donors (Lipinski definition) is 0. The highest BCUT2D eigenvalue weighted by molar-refractivity contribution is 5.21. The molecule has 100 valence electrons. The van der Waals surface area contributed by atoms with E-state index in [-0.39, 0.29) is 5.82 Å². The van der Waals surface area contributed by atoms with E-state index >= 15 is 0 Å². The van der Waals surface area contributed by atoms with Crippen molar-refractivity contribution >= 4 is 0 Å². The molecule has 2 nitrogen and oxygen atoms in total. The summed E-state index contributed by atoms with van der Waals surface area (Å²) in [4.78, 5) is 0. The maximum absolute atomic E-state index is 12.5. The van der Waals surface area contributed by atoms with Crippen molar-refractivity contribution in [1.29, 1.82) is 0 Å². The first-order chi connectivity index (χ1) is 8.33. The Morgan fingerprint density at radius 3 is 1.94 bits per heavy atom. The Hall–Kier alpha value is -1.09. The fraction of sp³-hybridized carbons (Fsp3) is 0.571. The molecule has 0 heterocycles. The van der Waals surface area contributed by atoms with Gasteiger partial charge < -0.3 is 9.47 Å². The zero-order chi connectivity index (χ0) is 13.5. The van der Waals surface area contributed by atoms with Crippen molar-refractivity contribution in [2.45, 2.75) is 34.1 Å². The zero-order valence-corrected chi connectivity index (χ0v) is 11.6. The topological polar surface area (TPSA) is 18.5 Å². The van der Waals surface area contributed by atoms with Gasteiger partial charge in [-0.25, -0.2) is 4.39 Å². The fourth-order valence-corrected chi connectivity index (χ4v) is 0.924. The SMILES string of the molecule is CC.CC.COCCCOc1ccc(F)cc1. The van der Waals surface area contributed by atoms with Gasteiger partial charge in [-0.2, -0.15) is 0 Å². The van der Waals surface area contributed by atoms with Crippen LogP contribution in [0.3, 0.4) is 0 Å². The average molecular weight is 244 g/mol. The van der Waals surface area contributed by atoms with Gasteiger partial charge in [-0.05, 0) is 24.3 Å². The largest absolute Gasteiger partial charge is 0.494 e. The second-order valence-corrected chi connectivity index (χ2v) is 2.65. The Bertz CT molecular complexity index is 234. The average Bonchev–Trinajstić information content (AvgIpc) is 2.41. The van der Waals surface area contributed by atoms with E-state index in [2.05, 4.69) is 0 Å². The third kappa shape index (κ3) is 11.2. The van der Waals surface area contributed by atoms with Crippen molar-refractivity contribution in [3.63, 3.8) is 0 Å². The summed E-state index contributed by atoms with van der Waals surface area (Å²) in [6, 6.07) is 5.99. The van der Waals surface area contributed by atoms with E-state index < -0.39 is 0 Å². The molecule has 0 amide bonds. The summed E-state index contributed by atoms with van der Waals surface area (Å²) >= 11 is 0. The predicted octanol–water partition coefficient (Wildman–Crippen LogP) is 4.29. The number of rotatable bonds is 5. The van der Waals surface area contributed by atoms with Gasteiger partial charge >= 0.3 is 0 Å².